The molecule has 8 heteroatoms. The Labute approximate surface area is 160 Å². The quantitative estimate of drug-likeness (QED) is 0.505. The maximum atomic E-state index is 13.1. The molecule has 1 aliphatic rings. The van der Waals surface area contributed by atoms with Crippen LogP contribution in [0.2, 0.25) is 0 Å². The minimum Gasteiger partial charge on any atom is -0.352 e. The number of thioether (sulfide) groups is 1. The van der Waals surface area contributed by atoms with Gasteiger partial charge in [-0.1, -0.05) is 42.1 Å². The van der Waals surface area contributed by atoms with Gasteiger partial charge in [-0.2, -0.15) is 0 Å². The van der Waals surface area contributed by atoms with Crippen molar-refractivity contribution in [3.8, 4) is 11.4 Å². The largest absolute Gasteiger partial charge is 0.352 e. The van der Waals surface area contributed by atoms with Gasteiger partial charge in [-0.3, -0.25) is 4.79 Å². The number of hydrogen-bond acceptors (Lipinski definition) is 5. The lowest BCUT2D eigenvalue weighted by atomic mass is 10.1. The van der Waals surface area contributed by atoms with Crippen LogP contribution in [0, 0.1) is 5.82 Å². The zero-order chi connectivity index (χ0) is 18.8. The molecule has 1 amide bonds. The number of aromatic nitrogens is 3. The van der Waals surface area contributed by atoms with Crippen LogP contribution in [0.4, 0.5) is 4.39 Å². The fourth-order valence-electron chi connectivity index (χ4n) is 2.66. The molecule has 3 aromatic rings. The number of hydrogen-bond donors (Lipinski definition) is 2. The van der Waals surface area contributed by atoms with Crippen molar-refractivity contribution in [3.05, 3.63) is 66.0 Å². The van der Waals surface area contributed by atoms with Gasteiger partial charge in [0.1, 0.15) is 11.1 Å². The summed E-state index contributed by atoms with van der Waals surface area (Å²) in [6.07, 6.45) is 2.03. The topological polar surface area (TPSA) is 85.8 Å². The predicted molar refractivity (Wildman–Crippen MR) is 102 cm³/mol. The van der Waals surface area contributed by atoms with Crippen LogP contribution in [0.1, 0.15) is 23.7 Å². The third kappa shape index (κ3) is 3.95. The highest BCUT2D eigenvalue weighted by Gasteiger charge is 2.30. The van der Waals surface area contributed by atoms with E-state index < -0.39 is 5.25 Å². The van der Waals surface area contributed by atoms with E-state index in [-0.39, 0.29) is 17.8 Å². The monoisotopic (exact) mass is 383 g/mol. The Morgan fingerprint density at radius 2 is 1.85 bits per heavy atom. The lowest BCUT2D eigenvalue weighted by Gasteiger charge is -2.16. The molecule has 1 aromatic heterocycles. The number of nitrogens with two attached hydrogens (primary N) is 1. The highest BCUT2D eigenvalue weighted by atomic mass is 32.2. The Bertz CT molecular complexity index is 940. The van der Waals surface area contributed by atoms with E-state index in [2.05, 4.69) is 15.5 Å². The van der Waals surface area contributed by atoms with Crippen LogP contribution in [-0.2, 0) is 4.79 Å². The second-order valence-corrected chi connectivity index (χ2v) is 7.45. The normalized spacial score (nSPS) is 14.7. The molecule has 1 aliphatic carbocycles. The number of rotatable bonds is 6. The van der Waals surface area contributed by atoms with Crippen LogP contribution in [0.25, 0.3) is 11.4 Å². The van der Waals surface area contributed by atoms with Crippen LogP contribution in [0.3, 0.4) is 0 Å². The Morgan fingerprint density at radius 1 is 1.15 bits per heavy atom. The summed E-state index contributed by atoms with van der Waals surface area (Å²) in [6.45, 7) is 0. The second-order valence-electron chi connectivity index (χ2n) is 6.37. The molecule has 0 bridgehead atoms. The van der Waals surface area contributed by atoms with Gasteiger partial charge >= 0.3 is 0 Å². The number of nitrogen functional groups attached to an aromatic ring is 1. The Hall–Kier alpha value is -2.87. The van der Waals surface area contributed by atoms with Gasteiger partial charge in [0.15, 0.2) is 5.82 Å². The van der Waals surface area contributed by atoms with Gasteiger partial charge < -0.3 is 11.2 Å². The molecule has 1 atom stereocenters. The Kier molecular flexibility index (Phi) is 4.81. The maximum absolute atomic E-state index is 13.1. The van der Waals surface area contributed by atoms with Crippen molar-refractivity contribution in [2.45, 2.75) is 29.3 Å². The van der Waals surface area contributed by atoms with Crippen LogP contribution < -0.4 is 11.2 Å². The van der Waals surface area contributed by atoms with Gasteiger partial charge in [0.2, 0.25) is 11.1 Å². The number of nitrogens with one attached hydrogen (secondary N) is 1. The molecule has 4 rings (SSSR count). The molecule has 0 unspecified atom stereocenters. The molecule has 0 radical (unpaired) electrons. The highest BCUT2D eigenvalue weighted by molar-refractivity contribution is 8.00. The molecule has 1 heterocycles. The fourth-order valence-corrected chi connectivity index (χ4v) is 3.63. The molecule has 3 N–H and O–H groups in total. The van der Waals surface area contributed by atoms with E-state index in [1.165, 1.54) is 28.6 Å². The van der Waals surface area contributed by atoms with Crippen LogP contribution in [0.15, 0.2) is 59.8 Å². The number of carbonyl (C=O) groups is 1. The maximum Gasteiger partial charge on any atom is 0.238 e. The molecule has 6 nitrogen and oxygen atoms in total. The van der Waals surface area contributed by atoms with Gasteiger partial charge in [-0.25, -0.2) is 9.07 Å². The van der Waals surface area contributed by atoms with Gasteiger partial charge in [-0.15, -0.1) is 10.2 Å². The number of amides is 1. The first-order valence-electron chi connectivity index (χ1n) is 8.60. The van der Waals surface area contributed by atoms with E-state index in [0.717, 1.165) is 18.4 Å². The summed E-state index contributed by atoms with van der Waals surface area (Å²) in [4.78, 5) is 12.8. The average molecular weight is 383 g/mol. The lowest BCUT2D eigenvalue weighted by molar-refractivity contribution is -0.120. The molecule has 0 spiro atoms. The van der Waals surface area contributed by atoms with E-state index in [1.807, 2.05) is 30.3 Å². The summed E-state index contributed by atoms with van der Waals surface area (Å²) in [5.41, 5.74) is 1.52. The molecular formula is C19H18FN5OS. The molecule has 1 fully saturated rings. The first kappa shape index (κ1) is 17.5. The zero-order valence-corrected chi connectivity index (χ0v) is 15.2. The zero-order valence-electron chi connectivity index (χ0n) is 14.4. The van der Waals surface area contributed by atoms with E-state index in [1.54, 1.807) is 12.1 Å². The van der Waals surface area contributed by atoms with Gasteiger partial charge in [0.25, 0.3) is 0 Å². The van der Waals surface area contributed by atoms with E-state index >= 15 is 0 Å². The van der Waals surface area contributed by atoms with E-state index in [4.69, 9.17) is 5.84 Å². The highest BCUT2D eigenvalue weighted by Crippen LogP contribution is 2.36. The number of carbonyl (C=O) groups excluding carboxylic acids is 1. The van der Waals surface area contributed by atoms with Crippen molar-refractivity contribution >= 4 is 17.7 Å². The van der Waals surface area contributed by atoms with Crippen molar-refractivity contribution in [1.29, 1.82) is 0 Å². The van der Waals surface area contributed by atoms with Gasteiger partial charge in [0, 0.05) is 11.6 Å². The minimum absolute atomic E-state index is 0.0694. The molecule has 2 aromatic carbocycles. The third-order valence-electron chi connectivity index (χ3n) is 4.25. The molecule has 0 saturated heterocycles. The van der Waals surface area contributed by atoms with Crippen molar-refractivity contribution in [1.82, 2.24) is 20.2 Å². The predicted octanol–water partition coefficient (Wildman–Crippen LogP) is 2.91. The lowest BCUT2D eigenvalue weighted by Crippen LogP contribution is -2.30. The number of halogens is 1. The summed E-state index contributed by atoms with van der Waals surface area (Å²) < 4.78 is 14.5. The van der Waals surface area contributed by atoms with E-state index in [0.29, 0.717) is 16.5 Å². The summed E-state index contributed by atoms with van der Waals surface area (Å²) in [6, 6.07) is 15.6. The summed E-state index contributed by atoms with van der Waals surface area (Å²) >= 11 is 1.24. The van der Waals surface area contributed by atoms with Crippen molar-refractivity contribution < 1.29 is 9.18 Å². The third-order valence-corrected chi connectivity index (χ3v) is 5.47. The molecular weight excluding hydrogens is 365 g/mol. The van der Waals surface area contributed by atoms with Crippen molar-refractivity contribution in [3.63, 3.8) is 0 Å². The SMILES string of the molecule is Nn1c(S[C@@H](C(=O)NC2CC2)c2ccccc2)nnc1-c1ccc(F)cc1. The summed E-state index contributed by atoms with van der Waals surface area (Å²) in [7, 11) is 0. The molecule has 1 saturated carbocycles. The molecule has 27 heavy (non-hydrogen) atoms. The minimum atomic E-state index is -0.487. The van der Waals surface area contributed by atoms with E-state index in [9.17, 15) is 9.18 Å². The first-order chi connectivity index (χ1) is 13.1. The fraction of sp³-hybridized carbons (Fsp3) is 0.211. The summed E-state index contributed by atoms with van der Waals surface area (Å²) in [5, 5.41) is 11.2. The summed E-state index contributed by atoms with van der Waals surface area (Å²) in [5.74, 6) is 6.16. The second kappa shape index (κ2) is 7.40. The van der Waals surface area contributed by atoms with Crippen molar-refractivity contribution in [2.24, 2.45) is 0 Å². The van der Waals surface area contributed by atoms with Crippen molar-refractivity contribution in [2.75, 3.05) is 5.84 Å². The average Bonchev–Trinajstić information content (AvgIpc) is 3.42. The Balaban J connectivity index is 1.61. The van der Waals surface area contributed by atoms with Crippen LogP contribution in [-0.4, -0.2) is 26.8 Å². The number of benzene rings is 2. The number of nitrogens with zero attached hydrogens (tertiary/aromatic N) is 3. The molecule has 138 valence electrons. The standard InChI is InChI=1S/C19H18FN5OS/c20-14-8-6-13(7-9-14)17-23-24-19(25(17)21)27-16(12-4-2-1-3-5-12)18(26)22-15-10-11-15/h1-9,15-16H,10-11,21H2,(H,22,26)/t16-/m1/s1. The van der Waals surface area contributed by atoms with Gasteiger partial charge in [0.05, 0.1) is 0 Å². The van der Waals surface area contributed by atoms with Crippen LogP contribution in [0.5, 0.6) is 0 Å². The van der Waals surface area contributed by atoms with Gasteiger partial charge in [-0.05, 0) is 42.7 Å². The molecule has 0 aliphatic heterocycles. The van der Waals surface area contributed by atoms with Crippen LogP contribution >= 0.6 is 11.8 Å². The first-order valence-corrected chi connectivity index (χ1v) is 9.48. The smallest absolute Gasteiger partial charge is 0.238 e. The Morgan fingerprint density at radius 3 is 2.52 bits per heavy atom.